The van der Waals surface area contributed by atoms with E-state index in [-0.39, 0.29) is 9.80 Å². The summed E-state index contributed by atoms with van der Waals surface area (Å²) in [7, 11) is -2.64. The highest BCUT2D eigenvalue weighted by atomic mass is 32.2. The third-order valence-corrected chi connectivity index (χ3v) is 4.09. The van der Waals surface area contributed by atoms with Crippen LogP contribution in [0.4, 0.5) is 5.69 Å². The summed E-state index contributed by atoms with van der Waals surface area (Å²) in [6.07, 6.45) is 1.29. The Kier molecular flexibility index (Phi) is 2.23. The van der Waals surface area contributed by atoms with Crippen LogP contribution in [0.1, 0.15) is 5.56 Å². The fourth-order valence-electron chi connectivity index (χ4n) is 1.51. The van der Waals surface area contributed by atoms with E-state index < -0.39 is 15.8 Å². The van der Waals surface area contributed by atoms with E-state index >= 15 is 0 Å². The molecule has 1 heterocycles. The van der Waals surface area contributed by atoms with Gasteiger partial charge in [0.25, 0.3) is 0 Å². The number of sulfone groups is 1. The number of methoxy groups -OCH3 is 1. The third-order valence-electron chi connectivity index (χ3n) is 2.29. The summed E-state index contributed by atoms with van der Waals surface area (Å²) in [5.74, 6) is -0.866. The molecule has 0 amide bonds. The number of benzene rings is 1. The summed E-state index contributed by atoms with van der Waals surface area (Å²) in [6, 6.07) is 4.46. The molecule has 1 aliphatic rings. The van der Waals surface area contributed by atoms with Crippen molar-refractivity contribution in [1.82, 2.24) is 0 Å². The minimum Gasteiger partial charge on any atom is -0.465 e. The van der Waals surface area contributed by atoms with Crippen LogP contribution in [0.2, 0.25) is 0 Å². The van der Waals surface area contributed by atoms with Gasteiger partial charge in [0.05, 0.1) is 12.0 Å². The minimum atomic E-state index is -3.77. The van der Waals surface area contributed by atoms with Gasteiger partial charge in [-0.05, 0) is 23.8 Å². The summed E-state index contributed by atoms with van der Waals surface area (Å²) >= 11 is 0. The minimum absolute atomic E-state index is 0.0490. The molecule has 0 spiro atoms. The number of rotatable bonds is 1. The monoisotopic (exact) mass is 239 g/mol. The van der Waals surface area contributed by atoms with E-state index in [0.717, 1.165) is 7.11 Å². The first-order chi connectivity index (χ1) is 7.46. The van der Waals surface area contributed by atoms with Crippen molar-refractivity contribution in [2.75, 3.05) is 12.8 Å². The van der Waals surface area contributed by atoms with E-state index in [9.17, 15) is 13.2 Å². The fourth-order valence-corrected chi connectivity index (χ4v) is 3.06. The topological polar surface area (TPSA) is 86.5 Å². The molecule has 5 nitrogen and oxygen atoms in total. The van der Waals surface area contributed by atoms with E-state index in [4.69, 9.17) is 5.73 Å². The standard InChI is InChI=1S/C10H9NO4S/c1-15-10(12)9-4-6-2-3-7(11)5-8(6)16(9,13)14/h2-5H,11H2,1H3. The van der Waals surface area contributed by atoms with E-state index in [1.807, 2.05) is 0 Å². The number of nitrogens with two attached hydrogens (primary N) is 1. The van der Waals surface area contributed by atoms with Crippen molar-refractivity contribution in [2.45, 2.75) is 4.90 Å². The molecule has 2 rings (SSSR count). The van der Waals surface area contributed by atoms with Crippen molar-refractivity contribution < 1.29 is 17.9 Å². The summed E-state index contributed by atoms with van der Waals surface area (Å²) in [5, 5.41) is 0. The van der Waals surface area contributed by atoms with Gasteiger partial charge in [-0.3, -0.25) is 0 Å². The van der Waals surface area contributed by atoms with E-state index in [1.54, 1.807) is 12.1 Å². The SMILES string of the molecule is COC(=O)C1=Cc2ccc(N)cc2S1(=O)=O. The number of fused-ring (bicyclic) bond motifs is 1. The molecule has 84 valence electrons. The van der Waals surface area contributed by atoms with Gasteiger partial charge in [-0.15, -0.1) is 0 Å². The van der Waals surface area contributed by atoms with Gasteiger partial charge in [-0.25, -0.2) is 13.2 Å². The predicted molar refractivity (Wildman–Crippen MR) is 58.0 cm³/mol. The molecule has 0 bridgehead atoms. The van der Waals surface area contributed by atoms with Gasteiger partial charge in [-0.2, -0.15) is 0 Å². The number of carbonyl (C=O) groups excluding carboxylic acids is 1. The Balaban J connectivity index is 2.65. The summed E-state index contributed by atoms with van der Waals surface area (Å²) < 4.78 is 28.2. The molecule has 0 radical (unpaired) electrons. The van der Waals surface area contributed by atoms with Crippen LogP contribution >= 0.6 is 0 Å². The van der Waals surface area contributed by atoms with Gasteiger partial charge in [0.1, 0.15) is 0 Å². The molecular weight excluding hydrogens is 230 g/mol. The van der Waals surface area contributed by atoms with E-state index in [0.29, 0.717) is 11.3 Å². The Morgan fingerprint density at radius 3 is 2.69 bits per heavy atom. The Hall–Kier alpha value is -1.82. The zero-order chi connectivity index (χ0) is 11.9. The Morgan fingerprint density at radius 1 is 1.38 bits per heavy atom. The quantitative estimate of drug-likeness (QED) is 0.572. The Labute approximate surface area is 92.4 Å². The zero-order valence-corrected chi connectivity index (χ0v) is 9.24. The average molecular weight is 239 g/mol. The molecule has 1 aliphatic heterocycles. The van der Waals surface area contributed by atoms with Gasteiger partial charge >= 0.3 is 5.97 Å². The summed E-state index contributed by atoms with van der Waals surface area (Å²) in [5.41, 5.74) is 6.29. The zero-order valence-electron chi connectivity index (χ0n) is 8.43. The van der Waals surface area contributed by atoms with Crippen LogP contribution in [-0.4, -0.2) is 21.5 Å². The third kappa shape index (κ3) is 1.38. The lowest BCUT2D eigenvalue weighted by molar-refractivity contribution is -0.135. The Bertz CT molecular complexity index is 601. The summed E-state index contributed by atoms with van der Waals surface area (Å²) in [6.45, 7) is 0. The van der Waals surface area contributed by atoms with Crippen LogP contribution in [0.25, 0.3) is 6.08 Å². The van der Waals surface area contributed by atoms with Crippen LogP contribution in [0.5, 0.6) is 0 Å². The fraction of sp³-hybridized carbons (Fsp3) is 0.100. The van der Waals surface area contributed by atoms with Gasteiger partial charge < -0.3 is 10.5 Å². The first-order valence-electron chi connectivity index (χ1n) is 4.41. The molecule has 0 fully saturated rings. The molecule has 0 unspecified atom stereocenters. The number of esters is 1. The second kappa shape index (κ2) is 3.34. The normalized spacial score (nSPS) is 16.4. The van der Waals surface area contributed by atoms with E-state index in [1.165, 1.54) is 12.1 Å². The molecule has 0 aromatic heterocycles. The second-order valence-corrected chi connectivity index (χ2v) is 5.19. The van der Waals surface area contributed by atoms with Crippen LogP contribution < -0.4 is 5.73 Å². The molecule has 0 saturated heterocycles. The van der Waals surface area contributed by atoms with Crippen molar-refractivity contribution in [1.29, 1.82) is 0 Å². The predicted octanol–water partition coefficient (Wildman–Crippen LogP) is 0.570. The molecule has 0 atom stereocenters. The van der Waals surface area contributed by atoms with Crippen molar-refractivity contribution in [3.63, 3.8) is 0 Å². The first-order valence-corrected chi connectivity index (χ1v) is 5.90. The second-order valence-electron chi connectivity index (χ2n) is 3.30. The van der Waals surface area contributed by atoms with Crippen LogP contribution in [0.3, 0.4) is 0 Å². The molecule has 2 N–H and O–H groups in total. The summed E-state index contributed by atoms with van der Waals surface area (Å²) in [4.78, 5) is 11.0. The highest BCUT2D eigenvalue weighted by Gasteiger charge is 2.34. The van der Waals surface area contributed by atoms with Crippen LogP contribution in [0.15, 0.2) is 28.0 Å². The van der Waals surface area contributed by atoms with Gasteiger partial charge in [0.2, 0.25) is 9.84 Å². The van der Waals surface area contributed by atoms with E-state index in [2.05, 4.69) is 4.74 Å². The number of nitrogen functional groups attached to an aromatic ring is 1. The smallest absolute Gasteiger partial charge is 0.349 e. The average Bonchev–Trinajstić information content (AvgIpc) is 2.50. The van der Waals surface area contributed by atoms with Crippen molar-refractivity contribution in [2.24, 2.45) is 0 Å². The molecule has 1 aromatic rings. The lowest BCUT2D eigenvalue weighted by atomic mass is 10.2. The molecule has 0 aliphatic carbocycles. The highest BCUT2D eigenvalue weighted by molar-refractivity contribution is 7.96. The molecule has 16 heavy (non-hydrogen) atoms. The number of anilines is 1. The maximum absolute atomic E-state index is 11.9. The first kappa shape index (κ1) is 10.7. The Morgan fingerprint density at radius 2 is 2.06 bits per heavy atom. The van der Waals surface area contributed by atoms with Crippen LogP contribution in [0, 0.1) is 0 Å². The lowest BCUT2D eigenvalue weighted by Gasteiger charge is -2.02. The lowest BCUT2D eigenvalue weighted by Crippen LogP contribution is -2.12. The van der Waals surface area contributed by atoms with Gasteiger partial charge in [0, 0.05) is 5.69 Å². The highest BCUT2D eigenvalue weighted by Crippen LogP contribution is 2.34. The maximum atomic E-state index is 11.9. The van der Waals surface area contributed by atoms with Crippen molar-refractivity contribution in [3.8, 4) is 0 Å². The van der Waals surface area contributed by atoms with Gasteiger partial charge in [-0.1, -0.05) is 6.07 Å². The number of hydrogen-bond acceptors (Lipinski definition) is 5. The van der Waals surface area contributed by atoms with Crippen LogP contribution in [-0.2, 0) is 19.4 Å². The molecule has 0 saturated carbocycles. The molecule has 6 heteroatoms. The largest absolute Gasteiger partial charge is 0.465 e. The van der Waals surface area contributed by atoms with Gasteiger partial charge in [0.15, 0.2) is 4.91 Å². The number of carbonyl (C=O) groups is 1. The number of ether oxygens (including phenoxy) is 1. The molecule has 1 aromatic carbocycles. The number of hydrogen-bond donors (Lipinski definition) is 1. The maximum Gasteiger partial charge on any atom is 0.349 e. The van der Waals surface area contributed by atoms with Crippen molar-refractivity contribution in [3.05, 3.63) is 28.7 Å². The van der Waals surface area contributed by atoms with Crippen molar-refractivity contribution >= 4 is 27.6 Å². The molecular formula is C10H9NO4S.